The molecule has 1 aliphatic rings. The molecule has 1 heterocycles. The Bertz CT molecular complexity index is 388. The SMILES string of the molecule is O=C(CC1CNC1)c1ccc(F)c(F)c1. The summed E-state index contributed by atoms with van der Waals surface area (Å²) in [6.07, 6.45) is 0.401. The predicted octanol–water partition coefficient (Wildman–Crippen LogP) is 1.76. The summed E-state index contributed by atoms with van der Waals surface area (Å²) >= 11 is 0. The first-order valence-corrected chi connectivity index (χ1v) is 4.86. The van der Waals surface area contributed by atoms with Crippen LogP contribution in [0.2, 0.25) is 0 Å². The minimum atomic E-state index is -0.965. The molecule has 0 saturated carbocycles. The van der Waals surface area contributed by atoms with E-state index >= 15 is 0 Å². The van der Waals surface area contributed by atoms with Gasteiger partial charge in [-0.3, -0.25) is 4.79 Å². The number of rotatable bonds is 3. The van der Waals surface area contributed by atoms with Crippen molar-refractivity contribution in [3.05, 3.63) is 35.4 Å². The van der Waals surface area contributed by atoms with Gasteiger partial charge < -0.3 is 5.32 Å². The number of halogens is 2. The van der Waals surface area contributed by atoms with Crippen LogP contribution < -0.4 is 5.32 Å². The molecule has 1 aliphatic heterocycles. The van der Waals surface area contributed by atoms with Gasteiger partial charge in [-0.05, 0) is 37.2 Å². The molecule has 1 fully saturated rings. The number of hydrogen-bond donors (Lipinski definition) is 1. The smallest absolute Gasteiger partial charge is 0.163 e. The van der Waals surface area contributed by atoms with Gasteiger partial charge in [-0.25, -0.2) is 8.78 Å². The summed E-state index contributed by atoms with van der Waals surface area (Å²) in [5.41, 5.74) is 0.251. The number of benzene rings is 1. The molecule has 0 atom stereocenters. The second-order valence-corrected chi connectivity index (χ2v) is 3.78. The molecule has 2 nitrogen and oxygen atoms in total. The number of carbonyl (C=O) groups excluding carboxylic acids is 1. The zero-order valence-corrected chi connectivity index (χ0v) is 8.09. The van der Waals surface area contributed by atoms with Crippen LogP contribution in [0.1, 0.15) is 16.8 Å². The van der Waals surface area contributed by atoms with Crippen LogP contribution in [0.3, 0.4) is 0 Å². The molecule has 4 heteroatoms. The van der Waals surface area contributed by atoms with Crippen LogP contribution in [0, 0.1) is 17.6 Å². The second-order valence-electron chi connectivity index (χ2n) is 3.78. The highest BCUT2D eigenvalue weighted by molar-refractivity contribution is 5.96. The van der Waals surface area contributed by atoms with Crippen molar-refractivity contribution in [2.45, 2.75) is 6.42 Å². The molecular weight excluding hydrogens is 200 g/mol. The molecule has 0 spiro atoms. The summed E-state index contributed by atoms with van der Waals surface area (Å²) in [6.45, 7) is 1.66. The van der Waals surface area contributed by atoms with Crippen molar-refractivity contribution in [2.24, 2.45) is 5.92 Å². The lowest BCUT2D eigenvalue weighted by Crippen LogP contribution is -2.42. The van der Waals surface area contributed by atoms with Crippen LogP contribution in [0.5, 0.6) is 0 Å². The van der Waals surface area contributed by atoms with E-state index in [-0.39, 0.29) is 11.3 Å². The topological polar surface area (TPSA) is 29.1 Å². The van der Waals surface area contributed by atoms with E-state index in [9.17, 15) is 13.6 Å². The molecule has 1 aromatic rings. The first-order valence-electron chi connectivity index (χ1n) is 4.86. The average molecular weight is 211 g/mol. The van der Waals surface area contributed by atoms with Gasteiger partial charge in [-0.1, -0.05) is 0 Å². The third kappa shape index (κ3) is 2.21. The molecule has 1 aromatic carbocycles. The summed E-state index contributed by atoms with van der Waals surface area (Å²) in [4.78, 5) is 11.6. The highest BCUT2D eigenvalue weighted by Gasteiger charge is 2.21. The van der Waals surface area contributed by atoms with Crippen LogP contribution >= 0.6 is 0 Å². The maximum atomic E-state index is 12.8. The number of hydrogen-bond acceptors (Lipinski definition) is 2. The fourth-order valence-corrected chi connectivity index (χ4v) is 1.54. The van der Waals surface area contributed by atoms with Gasteiger partial charge in [0.05, 0.1) is 0 Å². The molecule has 0 aromatic heterocycles. The highest BCUT2D eigenvalue weighted by atomic mass is 19.2. The van der Waals surface area contributed by atoms with E-state index in [1.807, 2.05) is 0 Å². The summed E-state index contributed by atoms with van der Waals surface area (Å²) in [6, 6.07) is 3.28. The molecule has 0 aliphatic carbocycles. The van der Waals surface area contributed by atoms with Crippen LogP contribution in [0.15, 0.2) is 18.2 Å². The fraction of sp³-hybridized carbons (Fsp3) is 0.364. The van der Waals surface area contributed by atoms with E-state index in [0.29, 0.717) is 12.3 Å². The van der Waals surface area contributed by atoms with Gasteiger partial charge in [-0.15, -0.1) is 0 Å². The zero-order chi connectivity index (χ0) is 10.8. The van der Waals surface area contributed by atoms with E-state index in [1.165, 1.54) is 6.07 Å². The summed E-state index contributed by atoms with van der Waals surface area (Å²) in [5, 5.41) is 3.05. The second kappa shape index (κ2) is 4.06. The molecule has 0 bridgehead atoms. The Kier molecular flexibility index (Phi) is 2.77. The molecule has 0 amide bonds. The van der Waals surface area contributed by atoms with Crippen molar-refractivity contribution in [1.82, 2.24) is 5.32 Å². The Morgan fingerprint density at radius 3 is 2.60 bits per heavy atom. The Morgan fingerprint density at radius 1 is 1.33 bits per heavy atom. The third-order valence-corrected chi connectivity index (χ3v) is 2.58. The molecule has 1 saturated heterocycles. The minimum Gasteiger partial charge on any atom is -0.316 e. The number of Topliss-reactive ketones (excluding diaryl/α,β-unsaturated/α-hetero) is 1. The van der Waals surface area contributed by atoms with Crippen molar-refractivity contribution in [2.75, 3.05) is 13.1 Å². The van der Waals surface area contributed by atoms with Crippen molar-refractivity contribution >= 4 is 5.78 Å². The standard InChI is InChI=1S/C11H11F2NO/c12-9-2-1-8(4-10(9)13)11(15)3-7-5-14-6-7/h1-2,4,7,14H,3,5-6H2. The van der Waals surface area contributed by atoms with Gasteiger partial charge in [0.15, 0.2) is 17.4 Å². The lowest BCUT2D eigenvalue weighted by Gasteiger charge is -2.26. The van der Waals surface area contributed by atoms with E-state index < -0.39 is 11.6 Å². The summed E-state index contributed by atoms with van der Waals surface area (Å²) < 4.78 is 25.4. The lowest BCUT2D eigenvalue weighted by atomic mass is 9.94. The van der Waals surface area contributed by atoms with Gasteiger partial charge in [0.25, 0.3) is 0 Å². The van der Waals surface area contributed by atoms with Crippen LogP contribution in [0.25, 0.3) is 0 Å². The monoisotopic (exact) mass is 211 g/mol. The summed E-state index contributed by atoms with van der Waals surface area (Å²) in [7, 11) is 0. The zero-order valence-electron chi connectivity index (χ0n) is 8.09. The Labute approximate surface area is 86.3 Å². The normalized spacial score (nSPS) is 16.1. The largest absolute Gasteiger partial charge is 0.316 e. The lowest BCUT2D eigenvalue weighted by molar-refractivity contribution is 0.0945. The summed E-state index contributed by atoms with van der Waals surface area (Å²) in [5.74, 6) is -1.67. The number of carbonyl (C=O) groups is 1. The van der Waals surface area contributed by atoms with E-state index in [0.717, 1.165) is 25.2 Å². The van der Waals surface area contributed by atoms with E-state index in [2.05, 4.69) is 5.32 Å². The van der Waals surface area contributed by atoms with Gasteiger partial charge in [-0.2, -0.15) is 0 Å². The van der Waals surface area contributed by atoms with Gasteiger partial charge in [0.2, 0.25) is 0 Å². The van der Waals surface area contributed by atoms with Crippen molar-refractivity contribution < 1.29 is 13.6 Å². The van der Waals surface area contributed by atoms with Crippen molar-refractivity contribution in [3.8, 4) is 0 Å². The number of nitrogens with one attached hydrogen (secondary N) is 1. The Morgan fingerprint density at radius 2 is 2.07 bits per heavy atom. The fourth-order valence-electron chi connectivity index (χ4n) is 1.54. The van der Waals surface area contributed by atoms with Gasteiger partial charge >= 0.3 is 0 Å². The van der Waals surface area contributed by atoms with Crippen LogP contribution in [-0.4, -0.2) is 18.9 Å². The molecule has 15 heavy (non-hydrogen) atoms. The molecule has 1 N–H and O–H groups in total. The molecule has 0 radical (unpaired) electrons. The minimum absolute atomic E-state index is 0.125. The van der Waals surface area contributed by atoms with E-state index in [4.69, 9.17) is 0 Å². The first-order chi connectivity index (χ1) is 7.16. The number of ketones is 1. The van der Waals surface area contributed by atoms with Gasteiger partial charge in [0, 0.05) is 12.0 Å². The first kappa shape index (κ1) is 10.2. The van der Waals surface area contributed by atoms with Crippen LogP contribution in [-0.2, 0) is 0 Å². The van der Waals surface area contributed by atoms with Crippen molar-refractivity contribution in [3.63, 3.8) is 0 Å². The maximum Gasteiger partial charge on any atom is 0.163 e. The van der Waals surface area contributed by atoms with Crippen LogP contribution in [0.4, 0.5) is 8.78 Å². The predicted molar refractivity (Wildman–Crippen MR) is 51.7 cm³/mol. The Hall–Kier alpha value is -1.29. The maximum absolute atomic E-state index is 12.8. The highest BCUT2D eigenvalue weighted by Crippen LogP contribution is 2.15. The quantitative estimate of drug-likeness (QED) is 0.772. The van der Waals surface area contributed by atoms with E-state index in [1.54, 1.807) is 0 Å². The third-order valence-electron chi connectivity index (χ3n) is 2.58. The van der Waals surface area contributed by atoms with Gasteiger partial charge in [0.1, 0.15) is 0 Å². The molecule has 80 valence electrons. The molecule has 2 rings (SSSR count). The molecule has 0 unspecified atom stereocenters. The van der Waals surface area contributed by atoms with Crippen molar-refractivity contribution in [1.29, 1.82) is 0 Å². The molecular formula is C11H11F2NO. The average Bonchev–Trinajstić information content (AvgIpc) is 2.15. The Balaban J connectivity index is 2.07.